The zero-order valence-corrected chi connectivity index (χ0v) is 30.0. The molecule has 0 unspecified atom stereocenters. The van der Waals surface area contributed by atoms with Crippen LogP contribution in [0.2, 0.25) is 0 Å². The maximum atomic E-state index is 13.9. The zero-order valence-electron chi connectivity index (χ0n) is 30.0. The summed E-state index contributed by atoms with van der Waals surface area (Å²) in [6, 6.07) is 15.4. The van der Waals surface area contributed by atoms with Gasteiger partial charge in [0.1, 0.15) is 11.5 Å². The van der Waals surface area contributed by atoms with Crippen LogP contribution < -0.4 is 9.47 Å². The van der Waals surface area contributed by atoms with Gasteiger partial charge in [-0.25, -0.2) is 0 Å². The van der Waals surface area contributed by atoms with Crippen LogP contribution in [0, 0.1) is 11.8 Å². The number of hydrogen-bond acceptors (Lipinski definition) is 6. The van der Waals surface area contributed by atoms with Crippen molar-refractivity contribution in [3.8, 4) is 11.5 Å². The van der Waals surface area contributed by atoms with Crippen molar-refractivity contribution in [2.24, 2.45) is 11.8 Å². The lowest BCUT2D eigenvalue weighted by Gasteiger charge is -2.28. The molecular formula is C40H64N2O4. The maximum absolute atomic E-state index is 13.9. The molecule has 2 aromatic rings. The van der Waals surface area contributed by atoms with Crippen LogP contribution >= 0.6 is 0 Å². The molecule has 0 amide bonds. The summed E-state index contributed by atoms with van der Waals surface area (Å²) in [4.78, 5) is 32.7. The van der Waals surface area contributed by atoms with Crippen molar-refractivity contribution in [3.63, 3.8) is 0 Å². The van der Waals surface area contributed by atoms with Crippen LogP contribution in [0.15, 0.2) is 48.5 Å². The van der Waals surface area contributed by atoms with Gasteiger partial charge >= 0.3 is 0 Å². The van der Waals surface area contributed by atoms with Crippen LogP contribution in [-0.4, -0.2) is 73.8 Å². The van der Waals surface area contributed by atoms with Gasteiger partial charge in [0.2, 0.25) is 0 Å². The Kier molecular flexibility index (Phi) is 20.2. The Morgan fingerprint density at radius 1 is 0.522 bits per heavy atom. The number of ether oxygens (including phenoxy) is 2. The normalized spacial score (nSPS) is 12.8. The van der Waals surface area contributed by atoms with Gasteiger partial charge < -0.3 is 19.3 Å². The average molecular weight is 637 g/mol. The van der Waals surface area contributed by atoms with Crippen molar-refractivity contribution in [1.29, 1.82) is 0 Å². The van der Waals surface area contributed by atoms with E-state index in [1.807, 2.05) is 48.5 Å². The molecule has 0 spiro atoms. The van der Waals surface area contributed by atoms with Gasteiger partial charge in [-0.05, 0) is 126 Å². The average Bonchev–Trinajstić information content (AvgIpc) is 3.07. The molecule has 2 rings (SSSR count). The summed E-state index contributed by atoms with van der Waals surface area (Å²) in [5, 5.41) is 0. The summed E-state index contributed by atoms with van der Waals surface area (Å²) < 4.78 is 11.5. The van der Waals surface area contributed by atoms with Crippen LogP contribution in [0.3, 0.4) is 0 Å². The summed E-state index contributed by atoms with van der Waals surface area (Å²) in [6.07, 6.45) is 9.72. The molecule has 0 aromatic heterocycles. The van der Waals surface area contributed by atoms with E-state index < -0.39 is 0 Å². The smallest absolute Gasteiger partial charge is 0.167 e. The lowest BCUT2D eigenvalue weighted by molar-refractivity contribution is 0.0846. The first-order valence-corrected chi connectivity index (χ1v) is 18.4. The van der Waals surface area contributed by atoms with Gasteiger partial charge in [-0.2, -0.15) is 0 Å². The zero-order chi connectivity index (χ0) is 33.6. The fraction of sp³-hybridized carbons (Fsp3) is 0.650. The van der Waals surface area contributed by atoms with E-state index in [-0.39, 0.29) is 23.4 Å². The van der Waals surface area contributed by atoms with Gasteiger partial charge in [0.05, 0.1) is 13.2 Å². The predicted octanol–water partition coefficient (Wildman–Crippen LogP) is 9.37. The van der Waals surface area contributed by atoms with E-state index in [0.29, 0.717) is 13.2 Å². The Balaban J connectivity index is 2.17. The van der Waals surface area contributed by atoms with Crippen molar-refractivity contribution in [2.45, 2.75) is 106 Å². The number of ketones is 2. The largest absolute Gasteiger partial charge is 0.494 e. The SMILES string of the molecule is CCCOc1ccc(C(=O)[C@H](CCCC[C@@H](CN(CCC)CCC)C(=O)c2ccc(OCCC)cc2)CN(CCC)CCC)cc1. The number of hydrogen-bond donors (Lipinski definition) is 0. The molecule has 6 nitrogen and oxygen atoms in total. The lowest BCUT2D eigenvalue weighted by atomic mass is 9.88. The molecule has 0 bridgehead atoms. The van der Waals surface area contributed by atoms with Crippen molar-refractivity contribution in [3.05, 3.63) is 59.7 Å². The van der Waals surface area contributed by atoms with E-state index in [2.05, 4.69) is 51.3 Å². The third-order valence-corrected chi connectivity index (χ3v) is 8.44. The number of carbonyl (C=O) groups excluding carboxylic acids is 2. The fourth-order valence-electron chi connectivity index (χ4n) is 6.21. The first-order chi connectivity index (χ1) is 22.4. The Morgan fingerprint density at radius 2 is 0.848 bits per heavy atom. The molecule has 46 heavy (non-hydrogen) atoms. The highest BCUT2D eigenvalue weighted by Crippen LogP contribution is 2.24. The Labute approximate surface area is 281 Å². The first-order valence-electron chi connectivity index (χ1n) is 18.4. The third kappa shape index (κ3) is 14.4. The van der Waals surface area contributed by atoms with Crippen LogP contribution in [-0.2, 0) is 0 Å². The summed E-state index contributed by atoms with van der Waals surface area (Å²) >= 11 is 0. The number of carbonyl (C=O) groups is 2. The van der Waals surface area contributed by atoms with Gasteiger partial charge in [0, 0.05) is 36.1 Å². The molecule has 0 aliphatic rings. The molecule has 258 valence electrons. The minimum Gasteiger partial charge on any atom is -0.494 e. The molecule has 2 atom stereocenters. The third-order valence-electron chi connectivity index (χ3n) is 8.44. The molecule has 0 aliphatic heterocycles. The summed E-state index contributed by atoms with van der Waals surface area (Å²) in [5.74, 6) is 1.92. The highest BCUT2D eigenvalue weighted by atomic mass is 16.5. The highest BCUT2D eigenvalue weighted by Gasteiger charge is 2.25. The Bertz CT molecular complexity index is 986. The summed E-state index contributed by atoms with van der Waals surface area (Å²) in [6.45, 7) is 19.9. The number of unbranched alkanes of at least 4 members (excludes halogenated alkanes) is 1. The van der Waals surface area contributed by atoms with Crippen molar-refractivity contribution in [1.82, 2.24) is 9.80 Å². The standard InChI is InChI=1S/C40H64N2O4/c1-7-25-41(26-8-2)31-35(39(43)33-17-21-37(22-18-33)45-29-11-5)15-13-14-16-36(32-42(27-9-3)28-10-4)40(44)34-19-23-38(24-20-34)46-30-12-6/h17-24,35-36H,7-16,25-32H2,1-6H3/t35-,36+. The van der Waals surface area contributed by atoms with Gasteiger partial charge in [0.15, 0.2) is 11.6 Å². The van der Waals surface area contributed by atoms with Gasteiger partial charge in [-0.3, -0.25) is 9.59 Å². The Morgan fingerprint density at radius 3 is 1.13 bits per heavy atom. The number of Topliss-reactive ketones (excluding diaryl/α,β-unsaturated/α-hetero) is 2. The second-order valence-electron chi connectivity index (χ2n) is 12.8. The molecule has 0 saturated carbocycles. The van der Waals surface area contributed by atoms with Crippen LogP contribution in [0.1, 0.15) is 126 Å². The maximum Gasteiger partial charge on any atom is 0.167 e. The van der Waals surface area contributed by atoms with Crippen molar-refractivity contribution in [2.75, 3.05) is 52.5 Å². The first kappa shape index (κ1) is 39.5. The lowest BCUT2D eigenvalue weighted by Crippen LogP contribution is -2.35. The summed E-state index contributed by atoms with van der Waals surface area (Å²) in [5.41, 5.74) is 1.52. The number of benzene rings is 2. The molecule has 0 fully saturated rings. The minimum atomic E-state index is -0.0676. The topological polar surface area (TPSA) is 59.1 Å². The van der Waals surface area contributed by atoms with E-state index in [4.69, 9.17) is 9.47 Å². The van der Waals surface area contributed by atoms with Crippen LogP contribution in [0.5, 0.6) is 11.5 Å². The number of nitrogens with zero attached hydrogens (tertiary/aromatic N) is 2. The van der Waals surface area contributed by atoms with Crippen molar-refractivity contribution >= 4 is 11.6 Å². The number of rotatable bonds is 27. The van der Waals surface area contributed by atoms with Gasteiger partial charge in [-0.1, -0.05) is 54.4 Å². The van der Waals surface area contributed by atoms with Crippen LogP contribution in [0.25, 0.3) is 0 Å². The summed E-state index contributed by atoms with van der Waals surface area (Å²) in [7, 11) is 0. The molecule has 0 heterocycles. The van der Waals surface area contributed by atoms with E-state index in [9.17, 15) is 9.59 Å². The predicted molar refractivity (Wildman–Crippen MR) is 193 cm³/mol. The van der Waals surface area contributed by atoms with Gasteiger partial charge in [-0.15, -0.1) is 0 Å². The van der Waals surface area contributed by atoms with Gasteiger partial charge in [0.25, 0.3) is 0 Å². The molecule has 0 N–H and O–H groups in total. The fourth-order valence-corrected chi connectivity index (χ4v) is 6.21. The van der Waals surface area contributed by atoms with E-state index in [0.717, 1.165) is 126 Å². The second-order valence-corrected chi connectivity index (χ2v) is 12.8. The monoisotopic (exact) mass is 636 g/mol. The molecule has 2 aromatic carbocycles. The van der Waals surface area contributed by atoms with E-state index in [1.165, 1.54) is 0 Å². The molecular weight excluding hydrogens is 572 g/mol. The van der Waals surface area contributed by atoms with E-state index in [1.54, 1.807) is 0 Å². The second kappa shape index (κ2) is 23.6. The van der Waals surface area contributed by atoms with E-state index >= 15 is 0 Å². The molecule has 0 radical (unpaired) electrons. The quantitative estimate of drug-likeness (QED) is 0.0719. The molecule has 0 saturated heterocycles. The highest BCUT2D eigenvalue weighted by molar-refractivity contribution is 5.98. The minimum absolute atomic E-state index is 0.0676. The molecule has 0 aliphatic carbocycles. The Hall–Kier alpha value is -2.70. The van der Waals surface area contributed by atoms with Crippen LogP contribution in [0.4, 0.5) is 0 Å². The van der Waals surface area contributed by atoms with Crippen molar-refractivity contribution < 1.29 is 19.1 Å². The molecule has 6 heteroatoms.